The average Bonchev–Trinajstić information content (AvgIpc) is 2.82. The number of hydrogen-bond acceptors (Lipinski definition) is 5. The fraction of sp³-hybridized carbons (Fsp3) is 0.400. The molecular formula is C10H7F6N3O3S. The highest BCUT2D eigenvalue weighted by atomic mass is 32.2. The van der Waals surface area contributed by atoms with Crippen molar-refractivity contribution in [3.05, 3.63) is 30.0 Å². The molecule has 0 amide bonds. The first-order valence-corrected chi connectivity index (χ1v) is 7.13. The normalized spacial score (nSPS) is 13.7. The number of aromatic nitrogens is 3. The predicted octanol–water partition coefficient (Wildman–Crippen LogP) is 1.91. The average molecular weight is 363 g/mol. The first-order chi connectivity index (χ1) is 10.4. The SMILES string of the molecule is O=S(=O)(OCC(F)(F)Cc1cc2nncn2cc1F)C(F)(F)F. The third-order valence-corrected chi connectivity index (χ3v) is 3.62. The highest BCUT2D eigenvalue weighted by Crippen LogP contribution is 2.28. The van der Waals surface area contributed by atoms with E-state index in [0.717, 1.165) is 23.0 Å². The maximum Gasteiger partial charge on any atom is 0.523 e. The molecule has 2 heterocycles. The number of fused-ring (bicyclic) bond motifs is 1. The monoisotopic (exact) mass is 363 g/mol. The molecule has 2 rings (SSSR count). The molecule has 0 bridgehead atoms. The van der Waals surface area contributed by atoms with E-state index in [2.05, 4.69) is 14.4 Å². The van der Waals surface area contributed by atoms with Gasteiger partial charge in [0.1, 0.15) is 18.8 Å². The van der Waals surface area contributed by atoms with Crippen LogP contribution in [0.15, 0.2) is 18.6 Å². The lowest BCUT2D eigenvalue weighted by Crippen LogP contribution is -2.33. The summed E-state index contributed by atoms with van der Waals surface area (Å²) >= 11 is 0. The Morgan fingerprint density at radius 1 is 1.22 bits per heavy atom. The zero-order chi connectivity index (χ0) is 17.5. The van der Waals surface area contributed by atoms with Gasteiger partial charge in [0, 0.05) is 12.6 Å². The van der Waals surface area contributed by atoms with E-state index in [1.165, 1.54) is 0 Å². The maximum absolute atomic E-state index is 13.6. The Hall–Kier alpha value is -1.89. The van der Waals surface area contributed by atoms with Gasteiger partial charge in [-0.25, -0.2) is 13.2 Å². The smallest absolute Gasteiger partial charge is 0.286 e. The highest BCUT2D eigenvalue weighted by molar-refractivity contribution is 7.87. The summed E-state index contributed by atoms with van der Waals surface area (Å²) in [5.41, 5.74) is -6.38. The molecule has 13 heteroatoms. The molecule has 23 heavy (non-hydrogen) atoms. The minimum atomic E-state index is -6.16. The van der Waals surface area contributed by atoms with Crippen LogP contribution in [0.5, 0.6) is 0 Å². The molecule has 0 N–H and O–H groups in total. The zero-order valence-electron chi connectivity index (χ0n) is 10.9. The maximum atomic E-state index is 13.6. The Morgan fingerprint density at radius 3 is 2.48 bits per heavy atom. The molecule has 6 nitrogen and oxygen atoms in total. The van der Waals surface area contributed by atoms with Crippen LogP contribution in [-0.4, -0.2) is 41.1 Å². The summed E-state index contributed by atoms with van der Waals surface area (Å²) in [6, 6.07) is 0.911. The van der Waals surface area contributed by atoms with Crippen molar-refractivity contribution in [2.75, 3.05) is 6.61 Å². The van der Waals surface area contributed by atoms with Gasteiger partial charge in [-0.05, 0) is 11.6 Å². The number of rotatable bonds is 5. The van der Waals surface area contributed by atoms with Crippen molar-refractivity contribution in [3.8, 4) is 0 Å². The Bertz CT molecular complexity index is 817. The molecule has 128 valence electrons. The number of pyridine rings is 1. The van der Waals surface area contributed by atoms with Gasteiger partial charge in [-0.2, -0.15) is 21.6 Å². The Morgan fingerprint density at radius 2 is 1.87 bits per heavy atom. The van der Waals surface area contributed by atoms with Gasteiger partial charge < -0.3 is 0 Å². The van der Waals surface area contributed by atoms with Gasteiger partial charge in [0.2, 0.25) is 0 Å². The second-order valence-electron chi connectivity index (χ2n) is 4.44. The van der Waals surface area contributed by atoms with Crippen LogP contribution in [0.4, 0.5) is 26.3 Å². The van der Waals surface area contributed by atoms with Crippen molar-refractivity contribution in [2.24, 2.45) is 0 Å². The van der Waals surface area contributed by atoms with Gasteiger partial charge in [0.25, 0.3) is 5.92 Å². The van der Waals surface area contributed by atoms with Crippen LogP contribution >= 0.6 is 0 Å². The number of halogens is 6. The van der Waals surface area contributed by atoms with E-state index >= 15 is 0 Å². The van der Waals surface area contributed by atoms with Crippen LogP contribution in [0, 0.1) is 5.82 Å². The predicted molar refractivity (Wildman–Crippen MR) is 62.5 cm³/mol. The van der Waals surface area contributed by atoms with Gasteiger partial charge in [0.05, 0.1) is 0 Å². The van der Waals surface area contributed by atoms with Crippen molar-refractivity contribution in [2.45, 2.75) is 17.9 Å². The molecule has 0 atom stereocenters. The molecule has 0 aliphatic carbocycles. The van der Waals surface area contributed by atoms with E-state index in [-0.39, 0.29) is 5.65 Å². The molecule has 2 aromatic rings. The number of nitrogens with zero attached hydrogens (tertiary/aromatic N) is 3. The van der Waals surface area contributed by atoms with Crippen LogP contribution in [0.2, 0.25) is 0 Å². The lowest BCUT2D eigenvalue weighted by Gasteiger charge is -2.17. The topological polar surface area (TPSA) is 73.6 Å². The van der Waals surface area contributed by atoms with E-state index < -0.39 is 46.0 Å². The number of alkyl halides is 5. The standard InChI is InChI=1S/C10H7F6N3O3S/c11-7-3-19-5-17-18-8(19)1-6(7)2-9(12,13)4-22-23(20,21)10(14,15)16/h1,3,5H,2,4H2. The molecule has 0 unspecified atom stereocenters. The van der Waals surface area contributed by atoms with Gasteiger partial charge in [-0.3, -0.25) is 8.58 Å². The Labute approximate surface area is 124 Å². The lowest BCUT2D eigenvalue weighted by atomic mass is 10.1. The summed E-state index contributed by atoms with van der Waals surface area (Å²) in [6.45, 7) is -2.08. The van der Waals surface area contributed by atoms with Gasteiger partial charge in [-0.15, -0.1) is 10.2 Å². The van der Waals surface area contributed by atoms with E-state index in [0.29, 0.717) is 0 Å². The van der Waals surface area contributed by atoms with Crippen LogP contribution in [-0.2, 0) is 20.7 Å². The molecule has 0 aliphatic rings. The van der Waals surface area contributed by atoms with Crippen LogP contribution < -0.4 is 0 Å². The fourth-order valence-electron chi connectivity index (χ4n) is 1.58. The molecule has 0 spiro atoms. The van der Waals surface area contributed by atoms with Crippen molar-refractivity contribution in [3.63, 3.8) is 0 Å². The second-order valence-corrected chi connectivity index (χ2v) is 6.04. The van der Waals surface area contributed by atoms with Gasteiger partial charge >= 0.3 is 15.6 Å². The summed E-state index contributed by atoms with van der Waals surface area (Å²) in [4.78, 5) is 0. The summed E-state index contributed by atoms with van der Waals surface area (Å²) in [5, 5.41) is 6.90. The van der Waals surface area contributed by atoms with Crippen LogP contribution in [0.1, 0.15) is 5.56 Å². The fourth-order valence-corrected chi connectivity index (χ4v) is 2.04. The summed E-state index contributed by atoms with van der Waals surface area (Å²) in [7, 11) is -6.16. The van der Waals surface area contributed by atoms with E-state index in [1.807, 2.05) is 0 Å². The van der Waals surface area contributed by atoms with E-state index in [9.17, 15) is 34.8 Å². The second kappa shape index (κ2) is 5.63. The first kappa shape index (κ1) is 17.5. The first-order valence-electron chi connectivity index (χ1n) is 5.73. The lowest BCUT2D eigenvalue weighted by molar-refractivity contribution is -0.0719. The van der Waals surface area contributed by atoms with Crippen molar-refractivity contribution < 1.29 is 38.9 Å². The Balaban J connectivity index is 2.15. The summed E-state index contributed by atoms with van der Waals surface area (Å²) in [6.07, 6.45) is 0.531. The minimum absolute atomic E-state index is 0.0287. The van der Waals surface area contributed by atoms with Crippen molar-refractivity contribution in [1.82, 2.24) is 14.6 Å². The molecule has 0 aromatic carbocycles. The molecule has 0 aliphatic heterocycles. The highest BCUT2D eigenvalue weighted by Gasteiger charge is 2.49. The minimum Gasteiger partial charge on any atom is -0.286 e. The van der Waals surface area contributed by atoms with Crippen LogP contribution in [0.25, 0.3) is 5.65 Å². The van der Waals surface area contributed by atoms with Crippen molar-refractivity contribution in [1.29, 1.82) is 0 Å². The summed E-state index contributed by atoms with van der Waals surface area (Å²) < 4.78 is 102. The molecule has 0 saturated carbocycles. The molecule has 0 fully saturated rings. The quantitative estimate of drug-likeness (QED) is 0.461. The summed E-state index contributed by atoms with van der Waals surface area (Å²) in [5.74, 6) is -5.15. The van der Waals surface area contributed by atoms with Gasteiger partial charge in [0.15, 0.2) is 5.65 Å². The van der Waals surface area contributed by atoms with E-state index in [1.54, 1.807) is 0 Å². The molecule has 0 radical (unpaired) electrons. The van der Waals surface area contributed by atoms with Crippen LogP contribution in [0.3, 0.4) is 0 Å². The zero-order valence-corrected chi connectivity index (χ0v) is 11.7. The third kappa shape index (κ3) is 3.90. The molecule has 0 saturated heterocycles. The number of hydrogen-bond donors (Lipinski definition) is 0. The van der Waals surface area contributed by atoms with Crippen molar-refractivity contribution >= 4 is 15.8 Å². The molecule has 2 aromatic heterocycles. The largest absolute Gasteiger partial charge is 0.523 e. The Kier molecular flexibility index (Phi) is 4.28. The third-order valence-electron chi connectivity index (χ3n) is 2.62. The molecular weight excluding hydrogens is 356 g/mol. The van der Waals surface area contributed by atoms with Gasteiger partial charge in [-0.1, -0.05) is 0 Å². The van der Waals surface area contributed by atoms with E-state index in [4.69, 9.17) is 0 Å².